The highest BCUT2D eigenvalue weighted by atomic mass is 35.5. The lowest BCUT2D eigenvalue weighted by Gasteiger charge is -2.28. The van der Waals surface area contributed by atoms with Crippen molar-refractivity contribution in [2.24, 2.45) is 0 Å². The van der Waals surface area contributed by atoms with Crippen LogP contribution in [-0.4, -0.2) is 35.1 Å². The molecule has 2 amide bonds. The number of hydrogen-bond acceptors (Lipinski definition) is 3. The second kappa shape index (κ2) is 11.5. The SMILES string of the molecule is CCNC(=O)[C@H](C)N(Cc1ccc(C)cc1)C(=O)CSCc1ccc(Cl)c(Cl)c1. The first-order valence-corrected chi connectivity index (χ1v) is 11.4. The molecule has 2 aromatic carbocycles. The van der Waals surface area contributed by atoms with Gasteiger partial charge in [-0.25, -0.2) is 0 Å². The molecule has 7 heteroatoms. The number of nitrogens with zero attached hydrogens (tertiary/aromatic N) is 1. The van der Waals surface area contributed by atoms with Gasteiger partial charge >= 0.3 is 0 Å². The number of rotatable bonds is 9. The highest BCUT2D eigenvalue weighted by molar-refractivity contribution is 7.99. The fourth-order valence-corrected chi connectivity index (χ4v) is 3.94. The summed E-state index contributed by atoms with van der Waals surface area (Å²) in [6, 6.07) is 12.9. The Labute approximate surface area is 187 Å². The molecule has 0 saturated carbocycles. The monoisotopic (exact) mass is 452 g/mol. The number of amides is 2. The Balaban J connectivity index is 2.05. The number of carbonyl (C=O) groups excluding carboxylic acids is 2. The molecule has 0 aromatic heterocycles. The van der Waals surface area contributed by atoms with Crippen LogP contribution in [-0.2, 0) is 21.9 Å². The maximum atomic E-state index is 13.0. The summed E-state index contributed by atoms with van der Waals surface area (Å²) < 4.78 is 0. The molecule has 0 bridgehead atoms. The molecule has 29 heavy (non-hydrogen) atoms. The number of aryl methyl sites for hydroxylation is 1. The number of halogens is 2. The fraction of sp³-hybridized carbons (Fsp3) is 0.364. The predicted molar refractivity (Wildman–Crippen MR) is 122 cm³/mol. The number of benzene rings is 2. The van der Waals surface area contributed by atoms with Gasteiger partial charge in [-0.3, -0.25) is 9.59 Å². The van der Waals surface area contributed by atoms with Crippen LogP contribution in [0, 0.1) is 6.92 Å². The van der Waals surface area contributed by atoms with Crippen LogP contribution in [0.25, 0.3) is 0 Å². The zero-order valence-electron chi connectivity index (χ0n) is 16.9. The van der Waals surface area contributed by atoms with Crippen molar-refractivity contribution in [1.29, 1.82) is 0 Å². The third-order valence-corrected chi connectivity index (χ3v) is 6.20. The molecule has 156 valence electrons. The van der Waals surface area contributed by atoms with Gasteiger partial charge in [-0.05, 0) is 44.0 Å². The topological polar surface area (TPSA) is 49.4 Å². The van der Waals surface area contributed by atoms with Crippen molar-refractivity contribution >= 4 is 46.8 Å². The smallest absolute Gasteiger partial charge is 0.242 e. The van der Waals surface area contributed by atoms with Crippen molar-refractivity contribution in [3.8, 4) is 0 Å². The summed E-state index contributed by atoms with van der Waals surface area (Å²) in [5, 5.41) is 3.81. The molecule has 0 radical (unpaired) electrons. The number of nitrogens with one attached hydrogen (secondary N) is 1. The average Bonchev–Trinajstić information content (AvgIpc) is 2.69. The van der Waals surface area contributed by atoms with Gasteiger partial charge in [0.05, 0.1) is 15.8 Å². The second-order valence-electron chi connectivity index (χ2n) is 6.82. The van der Waals surface area contributed by atoms with Crippen LogP contribution >= 0.6 is 35.0 Å². The first kappa shape index (κ1) is 23.6. The first-order chi connectivity index (χ1) is 13.8. The molecule has 0 fully saturated rings. The summed E-state index contributed by atoms with van der Waals surface area (Å²) in [6.07, 6.45) is 0. The van der Waals surface area contributed by atoms with Crippen LogP contribution in [0.2, 0.25) is 10.0 Å². The van der Waals surface area contributed by atoms with Gasteiger partial charge in [-0.1, -0.05) is 59.1 Å². The van der Waals surface area contributed by atoms with E-state index >= 15 is 0 Å². The maximum Gasteiger partial charge on any atom is 0.242 e. The molecular weight excluding hydrogens is 427 g/mol. The Bertz CT molecular complexity index is 843. The summed E-state index contributed by atoms with van der Waals surface area (Å²) in [5.41, 5.74) is 3.15. The lowest BCUT2D eigenvalue weighted by atomic mass is 10.1. The van der Waals surface area contributed by atoms with Crippen molar-refractivity contribution in [2.75, 3.05) is 12.3 Å². The normalized spacial score (nSPS) is 11.8. The van der Waals surface area contributed by atoms with E-state index in [-0.39, 0.29) is 17.6 Å². The van der Waals surface area contributed by atoms with Crippen LogP contribution in [0.5, 0.6) is 0 Å². The molecule has 0 spiro atoms. The van der Waals surface area contributed by atoms with Gasteiger partial charge in [0, 0.05) is 18.8 Å². The zero-order valence-corrected chi connectivity index (χ0v) is 19.2. The lowest BCUT2D eigenvalue weighted by molar-refractivity contribution is -0.138. The Morgan fingerprint density at radius 2 is 1.72 bits per heavy atom. The molecule has 0 aliphatic heterocycles. The van der Waals surface area contributed by atoms with Gasteiger partial charge in [0.2, 0.25) is 11.8 Å². The maximum absolute atomic E-state index is 13.0. The Morgan fingerprint density at radius 3 is 2.34 bits per heavy atom. The third-order valence-electron chi connectivity index (χ3n) is 4.47. The molecule has 4 nitrogen and oxygen atoms in total. The number of hydrogen-bond donors (Lipinski definition) is 1. The van der Waals surface area contributed by atoms with Crippen LogP contribution in [0.15, 0.2) is 42.5 Å². The molecule has 0 heterocycles. The Hall–Kier alpha value is -1.69. The van der Waals surface area contributed by atoms with Gasteiger partial charge in [0.25, 0.3) is 0 Å². The number of thioether (sulfide) groups is 1. The Morgan fingerprint density at radius 1 is 1.07 bits per heavy atom. The summed E-state index contributed by atoms with van der Waals surface area (Å²) in [6.45, 7) is 6.57. The highest BCUT2D eigenvalue weighted by Crippen LogP contribution is 2.25. The molecule has 0 aliphatic carbocycles. The largest absolute Gasteiger partial charge is 0.355 e. The summed E-state index contributed by atoms with van der Waals surface area (Å²) in [5.74, 6) is 0.684. The second-order valence-corrected chi connectivity index (χ2v) is 8.62. The van der Waals surface area contributed by atoms with E-state index in [0.717, 1.165) is 16.7 Å². The van der Waals surface area contributed by atoms with Gasteiger partial charge in [-0.15, -0.1) is 11.8 Å². The highest BCUT2D eigenvalue weighted by Gasteiger charge is 2.25. The molecule has 1 atom stereocenters. The summed E-state index contributed by atoms with van der Waals surface area (Å²) in [7, 11) is 0. The predicted octanol–water partition coefficient (Wildman–Crippen LogP) is 5.09. The van der Waals surface area contributed by atoms with Crippen molar-refractivity contribution in [3.63, 3.8) is 0 Å². The summed E-state index contributed by atoms with van der Waals surface area (Å²) >= 11 is 13.5. The number of likely N-dealkylation sites (N-methyl/N-ethyl adjacent to an activating group) is 1. The number of carbonyl (C=O) groups is 2. The molecule has 0 aliphatic rings. The van der Waals surface area contributed by atoms with Crippen LogP contribution in [0.3, 0.4) is 0 Å². The molecular formula is C22H26Cl2N2O2S. The van der Waals surface area contributed by atoms with Crippen LogP contribution in [0.1, 0.15) is 30.5 Å². The van der Waals surface area contributed by atoms with Gasteiger partial charge in [-0.2, -0.15) is 0 Å². The van der Waals surface area contributed by atoms with E-state index in [0.29, 0.717) is 28.9 Å². The standard InChI is InChI=1S/C22H26Cl2N2O2S/c1-4-25-22(28)16(3)26(12-17-7-5-15(2)6-8-17)21(27)14-29-13-18-9-10-19(23)20(24)11-18/h5-11,16H,4,12-14H2,1-3H3,(H,25,28)/t16-/m0/s1. The average molecular weight is 453 g/mol. The minimum Gasteiger partial charge on any atom is -0.355 e. The molecule has 0 unspecified atom stereocenters. The van der Waals surface area contributed by atoms with E-state index in [1.165, 1.54) is 11.8 Å². The summed E-state index contributed by atoms with van der Waals surface area (Å²) in [4.78, 5) is 26.9. The molecule has 0 saturated heterocycles. The molecule has 1 N–H and O–H groups in total. The quantitative estimate of drug-likeness (QED) is 0.576. The van der Waals surface area contributed by atoms with E-state index in [2.05, 4.69) is 5.32 Å². The molecule has 2 aromatic rings. The van der Waals surface area contributed by atoms with Crippen molar-refractivity contribution < 1.29 is 9.59 Å². The minimum atomic E-state index is -0.547. The van der Waals surface area contributed by atoms with Gasteiger partial charge < -0.3 is 10.2 Å². The lowest BCUT2D eigenvalue weighted by Crippen LogP contribution is -2.48. The van der Waals surface area contributed by atoms with Gasteiger partial charge in [0.1, 0.15) is 6.04 Å². The zero-order chi connectivity index (χ0) is 21.4. The first-order valence-electron chi connectivity index (χ1n) is 9.46. The fourth-order valence-electron chi connectivity index (χ4n) is 2.76. The third kappa shape index (κ3) is 7.25. The van der Waals surface area contributed by atoms with Crippen LogP contribution < -0.4 is 5.32 Å². The van der Waals surface area contributed by atoms with E-state index in [9.17, 15) is 9.59 Å². The van der Waals surface area contributed by atoms with Crippen molar-refractivity contribution in [1.82, 2.24) is 10.2 Å². The van der Waals surface area contributed by atoms with Crippen LogP contribution in [0.4, 0.5) is 0 Å². The van der Waals surface area contributed by atoms with Gasteiger partial charge in [0.15, 0.2) is 0 Å². The minimum absolute atomic E-state index is 0.0746. The van der Waals surface area contributed by atoms with E-state index in [1.807, 2.05) is 50.2 Å². The van der Waals surface area contributed by atoms with Crippen molar-refractivity contribution in [2.45, 2.75) is 39.1 Å². The molecule has 2 rings (SSSR count). The van der Waals surface area contributed by atoms with E-state index < -0.39 is 6.04 Å². The van der Waals surface area contributed by atoms with E-state index in [1.54, 1.807) is 17.9 Å². The van der Waals surface area contributed by atoms with Crippen molar-refractivity contribution in [3.05, 3.63) is 69.2 Å². The van der Waals surface area contributed by atoms with E-state index in [4.69, 9.17) is 23.2 Å². The Kier molecular flexibility index (Phi) is 9.34.